The highest BCUT2D eigenvalue weighted by atomic mass is 32.1. The van der Waals surface area contributed by atoms with Gasteiger partial charge in [-0.2, -0.15) is 10.2 Å². The Bertz CT molecular complexity index is 980. The van der Waals surface area contributed by atoms with Gasteiger partial charge in [0.2, 0.25) is 0 Å². The Hall–Kier alpha value is -2.80. The molecule has 0 radical (unpaired) electrons. The van der Waals surface area contributed by atoms with Crippen molar-refractivity contribution in [1.29, 1.82) is 0 Å². The van der Waals surface area contributed by atoms with Crippen LogP contribution in [0.25, 0.3) is 10.6 Å². The molecule has 3 aromatic rings. The number of hydrogen-bond acceptors (Lipinski definition) is 6. The van der Waals surface area contributed by atoms with Gasteiger partial charge in [0.15, 0.2) is 0 Å². The maximum atomic E-state index is 13.0. The molecule has 1 saturated carbocycles. The van der Waals surface area contributed by atoms with Gasteiger partial charge in [0.1, 0.15) is 10.8 Å². The first-order valence-corrected chi connectivity index (χ1v) is 10.2. The molecule has 4 rings (SSSR count). The summed E-state index contributed by atoms with van der Waals surface area (Å²) in [6, 6.07) is 9.32. The van der Waals surface area contributed by atoms with E-state index in [1.54, 1.807) is 11.3 Å². The third kappa shape index (κ3) is 4.36. The molecule has 0 spiro atoms. The molecule has 1 aliphatic rings. The van der Waals surface area contributed by atoms with Crippen LogP contribution >= 0.6 is 11.3 Å². The quantitative estimate of drug-likeness (QED) is 0.657. The van der Waals surface area contributed by atoms with Crippen molar-refractivity contribution in [3.8, 4) is 16.3 Å². The molecule has 1 fully saturated rings. The number of aryl methyl sites for hydroxylation is 2. The Morgan fingerprint density at radius 3 is 2.75 bits per heavy atom. The number of nitrogens with zero attached hydrogens (tertiary/aromatic N) is 3. The first kappa shape index (κ1) is 18.6. The van der Waals surface area contributed by atoms with E-state index in [2.05, 4.69) is 20.5 Å². The fourth-order valence-corrected chi connectivity index (χ4v) is 3.64. The third-order valence-corrected chi connectivity index (χ3v) is 5.49. The molecular formula is C21H22N4O2S. The number of rotatable bonds is 7. The van der Waals surface area contributed by atoms with Crippen LogP contribution in [0.15, 0.2) is 36.5 Å². The molecule has 1 amide bonds. The van der Waals surface area contributed by atoms with Crippen molar-refractivity contribution in [3.63, 3.8) is 0 Å². The summed E-state index contributed by atoms with van der Waals surface area (Å²) < 4.78 is 6.06. The number of aromatic nitrogens is 3. The first-order valence-electron chi connectivity index (χ1n) is 9.36. The van der Waals surface area contributed by atoms with Crippen molar-refractivity contribution in [2.75, 3.05) is 6.61 Å². The molecule has 2 heterocycles. The van der Waals surface area contributed by atoms with Crippen molar-refractivity contribution in [2.24, 2.45) is 5.92 Å². The van der Waals surface area contributed by atoms with Gasteiger partial charge in [0.25, 0.3) is 5.91 Å². The number of amides is 1. The fraction of sp³-hybridized carbons (Fsp3) is 0.333. The summed E-state index contributed by atoms with van der Waals surface area (Å²) in [4.78, 5) is 18.5. The summed E-state index contributed by atoms with van der Waals surface area (Å²) in [6.07, 6.45) is 4.24. The van der Waals surface area contributed by atoms with Crippen molar-refractivity contribution < 1.29 is 9.53 Å². The average molecular weight is 395 g/mol. The lowest BCUT2D eigenvalue weighted by atomic mass is 10.1. The molecule has 1 aromatic carbocycles. The highest BCUT2D eigenvalue weighted by Crippen LogP contribution is 2.37. The highest BCUT2D eigenvalue weighted by molar-refractivity contribution is 7.15. The molecule has 7 heteroatoms. The van der Waals surface area contributed by atoms with Gasteiger partial charge >= 0.3 is 0 Å². The van der Waals surface area contributed by atoms with Crippen LogP contribution in [0, 0.1) is 19.8 Å². The second-order valence-electron chi connectivity index (χ2n) is 7.06. The van der Waals surface area contributed by atoms with Gasteiger partial charge in [-0.05, 0) is 56.9 Å². The predicted octanol–water partition coefficient (Wildman–Crippen LogP) is 3.94. The Morgan fingerprint density at radius 2 is 2.07 bits per heavy atom. The molecular weight excluding hydrogens is 372 g/mol. The predicted molar refractivity (Wildman–Crippen MR) is 108 cm³/mol. The number of hydrogen-bond donors (Lipinski definition) is 1. The van der Waals surface area contributed by atoms with Crippen LogP contribution in [0.3, 0.4) is 0 Å². The van der Waals surface area contributed by atoms with Crippen LogP contribution in [0.4, 0.5) is 0 Å². The Morgan fingerprint density at radius 1 is 1.21 bits per heavy atom. The summed E-state index contributed by atoms with van der Waals surface area (Å²) in [7, 11) is 0. The minimum Gasteiger partial charge on any atom is -0.493 e. The van der Waals surface area contributed by atoms with Crippen LogP contribution in [0.2, 0.25) is 0 Å². The summed E-state index contributed by atoms with van der Waals surface area (Å²) in [5.74, 6) is 1.16. The summed E-state index contributed by atoms with van der Waals surface area (Å²) >= 11 is 1.56. The van der Waals surface area contributed by atoms with Gasteiger partial charge in [0.05, 0.1) is 35.7 Å². The van der Waals surface area contributed by atoms with Crippen molar-refractivity contribution >= 4 is 17.2 Å². The van der Waals surface area contributed by atoms with Crippen LogP contribution in [-0.4, -0.2) is 27.7 Å². The molecule has 2 aromatic heterocycles. The monoisotopic (exact) mass is 394 g/mol. The second kappa shape index (κ2) is 8.06. The van der Waals surface area contributed by atoms with Crippen molar-refractivity contribution in [2.45, 2.75) is 33.2 Å². The van der Waals surface area contributed by atoms with Crippen LogP contribution in [0.5, 0.6) is 5.75 Å². The molecule has 1 aliphatic carbocycles. The van der Waals surface area contributed by atoms with Crippen molar-refractivity contribution in [3.05, 3.63) is 58.4 Å². The summed E-state index contributed by atoms with van der Waals surface area (Å²) in [6.45, 7) is 4.88. The minimum atomic E-state index is -0.179. The molecule has 1 N–H and O–H groups in total. The van der Waals surface area contributed by atoms with E-state index in [0.29, 0.717) is 36.1 Å². The normalized spacial score (nSPS) is 13.4. The molecule has 6 nitrogen and oxygen atoms in total. The molecule has 0 unspecified atom stereocenters. The fourth-order valence-electron chi connectivity index (χ4n) is 2.81. The first-order chi connectivity index (χ1) is 13.6. The second-order valence-corrected chi connectivity index (χ2v) is 8.29. The number of benzene rings is 1. The molecule has 28 heavy (non-hydrogen) atoms. The average Bonchev–Trinajstić information content (AvgIpc) is 3.44. The minimum absolute atomic E-state index is 0.179. The van der Waals surface area contributed by atoms with Gasteiger partial charge in [0, 0.05) is 11.1 Å². The van der Waals surface area contributed by atoms with Gasteiger partial charge in [-0.3, -0.25) is 4.79 Å². The highest BCUT2D eigenvalue weighted by Gasteiger charge is 2.24. The standard InChI is InChI=1S/C21H22N4O2S/c1-13-6-9-16(25-24-13)11-22-20(26)17-4-3-5-18(27-12-15-7-8-15)19(17)21-23-10-14(2)28-21/h3-6,9-10,15H,7-8,11-12H2,1-2H3,(H,22,26). The van der Waals surface area contributed by atoms with Gasteiger partial charge in [-0.25, -0.2) is 4.98 Å². The van der Waals surface area contributed by atoms with Crippen LogP contribution < -0.4 is 10.1 Å². The van der Waals surface area contributed by atoms with E-state index in [1.165, 1.54) is 12.8 Å². The smallest absolute Gasteiger partial charge is 0.252 e. The van der Waals surface area contributed by atoms with E-state index in [4.69, 9.17) is 4.74 Å². The van der Waals surface area contributed by atoms with E-state index < -0.39 is 0 Å². The zero-order chi connectivity index (χ0) is 19.5. The van der Waals surface area contributed by atoms with E-state index in [0.717, 1.165) is 21.1 Å². The number of carbonyl (C=O) groups is 1. The molecule has 0 atom stereocenters. The lowest BCUT2D eigenvalue weighted by Gasteiger charge is -2.14. The van der Waals surface area contributed by atoms with E-state index in [1.807, 2.05) is 50.4 Å². The van der Waals surface area contributed by atoms with E-state index in [-0.39, 0.29) is 5.91 Å². The Kier molecular flexibility index (Phi) is 5.34. The topological polar surface area (TPSA) is 77.0 Å². The van der Waals surface area contributed by atoms with Gasteiger partial charge < -0.3 is 10.1 Å². The van der Waals surface area contributed by atoms with Gasteiger partial charge in [-0.15, -0.1) is 11.3 Å². The van der Waals surface area contributed by atoms with Crippen LogP contribution in [0.1, 0.15) is 39.5 Å². The molecule has 144 valence electrons. The summed E-state index contributed by atoms with van der Waals surface area (Å²) in [5, 5.41) is 11.9. The number of nitrogens with one attached hydrogen (secondary N) is 1. The molecule has 0 aliphatic heterocycles. The van der Waals surface area contributed by atoms with Crippen LogP contribution in [-0.2, 0) is 6.54 Å². The zero-order valence-electron chi connectivity index (χ0n) is 15.9. The number of ether oxygens (including phenoxy) is 1. The largest absolute Gasteiger partial charge is 0.493 e. The van der Waals surface area contributed by atoms with E-state index in [9.17, 15) is 4.79 Å². The third-order valence-electron chi connectivity index (χ3n) is 4.56. The van der Waals surface area contributed by atoms with E-state index >= 15 is 0 Å². The SMILES string of the molecule is Cc1ccc(CNC(=O)c2cccc(OCC3CC3)c2-c2ncc(C)s2)nn1. The maximum absolute atomic E-state index is 13.0. The van der Waals surface area contributed by atoms with Crippen molar-refractivity contribution in [1.82, 2.24) is 20.5 Å². The Balaban J connectivity index is 1.59. The lowest BCUT2D eigenvalue weighted by Crippen LogP contribution is -2.24. The Labute approximate surface area is 168 Å². The molecule has 0 bridgehead atoms. The number of thiazole rings is 1. The molecule has 0 saturated heterocycles. The summed E-state index contributed by atoms with van der Waals surface area (Å²) in [5.41, 5.74) is 2.88. The number of carbonyl (C=O) groups excluding carboxylic acids is 1. The maximum Gasteiger partial charge on any atom is 0.252 e. The van der Waals surface area contributed by atoms with Gasteiger partial charge in [-0.1, -0.05) is 6.07 Å². The zero-order valence-corrected chi connectivity index (χ0v) is 16.8. The lowest BCUT2D eigenvalue weighted by molar-refractivity contribution is 0.0950.